The highest BCUT2D eigenvalue weighted by atomic mass is 16.5. The van der Waals surface area contributed by atoms with E-state index in [1.54, 1.807) is 0 Å². The first-order valence-corrected chi connectivity index (χ1v) is 10.4. The number of hydrogen-bond acceptors (Lipinski definition) is 3. The molecule has 0 spiro atoms. The normalized spacial score (nSPS) is 22.4. The Morgan fingerprint density at radius 3 is 2.29 bits per heavy atom. The van der Waals surface area contributed by atoms with Crippen molar-refractivity contribution in [3.63, 3.8) is 0 Å². The zero-order valence-corrected chi connectivity index (χ0v) is 17.1. The molecule has 1 aromatic heterocycles. The number of rotatable bonds is 6. The quantitative estimate of drug-likeness (QED) is 0.675. The third kappa shape index (κ3) is 3.15. The van der Waals surface area contributed by atoms with Gasteiger partial charge in [-0.05, 0) is 25.5 Å². The minimum absolute atomic E-state index is 0.184. The molecule has 1 saturated heterocycles. The van der Waals surface area contributed by atoms with Crippen molar-refractivity contribution in [1.29, 1.82) is 0 Å². The molecule has 2 heterocycles. The van der Waals surface area contributed by atoms with Crippen LogP contribution in [-0.4, -0.2) is 35.6 Å². The van der Waals surface area contributed by atoms with E-state index in [9.17, 15) is 4.79 Å². The molecule has 1 aliphatic rings. The van der Waals surface area contributed by atoms with Gasteiger partial charge in [-0.15, -0.1) is 0 Å². The van der Waals surface area contributed by atoms with E-state index >= 15 is 0 Å². The van der Waals surface area contributed by atoms with Crippen molar-refractivity contribution >= 4 is 27.6 Å². The number of ketones is 1. The van der Waals surface area contributed by atoms with E-state index in [4.69, 9.17) is 4.74 Å². The molecule has 28 heavy (non-hydrogen) atoms. The maximum Gasteiger partial charge on any atom is 0.161 e. The lowest BCUT2D eigenvalue weighted by Crippen LogP contribution is -2.54. The summed E-state index contributed by atoms with van der Waals surface area (Å²) in [7, 11) is 0. The van der Waals surface area contributed by atoms with E-state index in [1.165, 1.54) is 10.8 Å². The van der Waals surface area contributed by atoms with E-state index in [2.05, 4.69) is 72.3 Å². The lowest BCUT2D eigenvalue weighted by Gasteiger charge is -2.40. The third-order valence-electron chi connectivity index (χ3n) is 6.35. The summed E-state index contributed by atoms with van der Waals surface area (Å²) in [6, 6.07) is 16.6. The fourth-order valence-electron chi connectivity index (χ4n) is 4.57. The van der Waals surface area contributed by atoms with Gasteiger partial charge in [0.15, 0.2) is 5.78 Å². The van der Waals surface area contributed by atoms with Crippen molar-refractivity contribution < 1.29 is 9.53 Å². The summed E-state index contributed by atoms with van der Waals surface area (Å²) in [6.45, 7) is 8.47. The SMILES string of the molecule is CCCC(C(=O)C(C)C1(C)CNCCO1)n1c2ccccc2c2ccccc21. The number of ether oxygens (including phenoxy) is 1. The molecule has 148 valence electrons. The molecule has 0 amide bonds. The molecule has 3 unspecified atom stereocenters. The molecular formula is C24H30N2O2. The van der Waals surface area contributed by atoms with Crippen LogP contribution < -0.4 is 5.32 Å². The standard InChI is InChI=1S/C24H30N2O2/c1-4-9-22(23(27)17(2)24(3)16-25-14-15-28-24)26-20-12-7-5-10-18(20)19-11-6-8-13-21(19)26/h5-8,10-13,17,22,25H,4,9,14-16H2,1-3H3. The van der Waals surface area contributed by atoms with Gasteiger partial charge in [-0.1, -0.05) is 56.7 Å². The number of benzene rings is 2. The van der Waals surface area contributed by atoms with Gasteiger partial charge in [0.1, 0.15) is 0 Å². The average molecular weight is 379 g/mol. The molecular weight excluding hydrogens is 348 g/mol. The van der Waals surface area contributed by atoms with Crippen molar-refractivity contribution in [3.05, 3.63) is 48.5 Å². The monoisotopic (exact) mass is 378 g/mol. The summed E-state index contributed by atoms with van der Waals surface area (Å²) in [5, 5.41) is 5.81. The number of Topliss-reactive ketones (excluding diaryl/α,β-unsaturated/α-hetero) is 1. The Bertz CT molecular complexity index is 931. The van der Waals surface area contributed by atoms with E-state index in [0.29, 0.717) is 13.2 Å². The van der Waals surface area contributed by atoms with E-state index < -0.39 is 5.60 Å². The number of carbonyl (C=O) groups is 1. The van der Waals surface area contributed by atoms with Crippen molar-refractivity contribution in [2.45, 2.75) is 45.3 Å². The number of morpholine rings is 1. The zero-order valence-electron chi connectivity index (χ0n) is 17.1. The second-order valence-corrected chi connectivity index (χ2v) is 8.17. The molecule has 1 N–H and O–H groups in total. The molecule has 0 aliphatic carbocycles. The van der Waals surface area contributed by atoms with E-state index in [-0.39, 0.29) is 17.7 Å². The highest BCUT2D eigenvalue weighted by Crippen LogP contribution is 2.36. The van der Waals surface area contributed by atoms with Crippen molar-refractivity contribution in [2.75, 3.05) is 19.7 Å². The van der Waals surface area contributed by atoms with Crippen molar-refractivity contribution in [1.82, 2.24) is 9.88 Å². The molecule has 4 heteroatoms. The Balaban J connectivity index is 1.82. The predicted octanol–water partition coefficient (Wildman–Crippen LogP) is 4.72. The molecule has 0 saturated carbocycles. The van der Waals surface area contributed by atoms with Crippen LogP contribution >= 0.6 is 0 Å². The second kappa shape index (κ2) is 7.69. The summed E-state index contributed by atoms with van der Waals surface area (Å²) in [6.07, 6.45) is 1.79. The first kappa shape index (κ1) is 19.2. The topological polar surface area (TPSA) is 43.3 Å². The van der Waals surface area contributed by atoms with Crippen molar-refractivity contribution in [2.24, 2.45) is 5.92 Å². The van der Waals surface area contributed by atoms with Gasteiger partial charge >= 0.3 is 0 Å². The first-order chi connectivity index (χ1) is 13.6. The van der Waals surface area contributed by atoms with Crippen LogP contribution in [0, 0.1) is 5.92 Å². The average Bonchev–Trinajstić information content (AvgIpc) is 3.06. The summed E-state index contributed by atoms with van der Waals surface area (Å²) in [5.41, 5.74) is 1.81. The lowest BCUT2D eigenvalue weighted by atomic mass is 9.82. The fourth-order valence-corrected chi connectivity index (χ4v) is 4.57. The molecule has 0 bridgehead atoms. The second-order valence-electron chi connectivity index (χ2n) is 8.17. The molecule has 4 rings (SSSR count). The summed E-state index contributed by atoms with van der Waals surface area (Å²) in [4.78, 5) is 13.8. The summed E-state index contributed by atoms with van der Waals surface area (Å²) < 4.78 is 8.35. The van der Waals surface area contributed by atoms with Gasteiger partial charge in [-0.2, -0.15) is 0 Å². The van der Waals surface area contributed by atoms with Crippen LogP contribution in [0.4, 0.5) is 0 Å². The number of hydrogen-bond donors (Lipinski definition) is 1. The van der Waals surface area contributed by atoms with E-state index in [1.807, 2.05) is 6.92 Å². The van der Waals surface area contributed by atoms with Gasteiger partial charge in [-0.3, -0.25) is 4.79 Å². The Morgan fingerprint density at radius 1 is 1.14 bits per heavy atom. The molecule has 4 nitrogen and oxygen atoms in total. The van der Waals surface area contributed by atoms with E-state index in [0.717, 1.165) is 30.4 Å². The van der Waals surface area contributed by atoms with Gasteiger partial charge in [0, 0.05) is 40.8 Å². The van der Waals surface area contributed by atoms with Crippen LogP contribution in [-0.2, 0) is 9.53 Å². The minimum Gasteiger partial charge on any atom is -0.372 e. The first-order valence-electron chi connectivity index (χ1n) is 10.4. The highest BCUT2D eigenvalue weighted by molar-refractivity contribution is 6.09. The molecule has 2 aromatic carbocycles. The summed E-state index contributed by atoms with van der Waals surface area (Å²) in [5.74, 6) is 0.0799. The maximum absolute atomic E-state index is 13.8. The molecule has 3 atom stereocenters. The number of carbonyl (C=O) groups excluding carboxylic acids is 1. The zero-order chi connectivity index (χ0) is 19.7. The van der Waals surface area contributed by atoms with Gasteiger partial charge in [0.25, 0.3) is 0 Å². The van der Waals surface area contributed by atoms with Crippen LogP contribution in [0.3, 0.4) is 0 Å². The molecule has 1 aliphatic heterocycles. The maximum atomic E-state index is 13.8. The van der Waals surface area contributed by atoms with Gasteiger partial charge in [0.05, 0.1) is 18.2 Å². The van der Waals surface area contributed by atoms with Crippen LogP contribution in [0.25, 0.3) is 21.8 Å². The van der Waals surface area contributed by atoms with Gasteiger partial charge in [-0.25, -0.2) is 0 Å². The smallest absolute Gasteiger partial charge is 0.161 e. The highest BCUT2D eigenvalue weighted by Gasteiger charge is 2.41. The van der Waals surface area contributed by atoms with Gasteiger partial charge in [0.2, 0.25) is 0 Å². The van der Waals surface area contributed by atoms with Crippen molar-refractivity contribution in [3.8, 4) is 0 Å². The minimum atomic E-state index is -0.458. The van der Waals surface area contributed by atoms with Crippen LogP contribution in [0.2, 0.25) is 0 Å². The Labute approximate surface area is 166 Å². The Kier molecular flexibility index (Phi) is 5.26. The predicted molar refractivity (Wildman–Crippen MR) is 115 cm³/mol. The molecule has 3 aromatic rings. The number of para-hydroxylation sites is 2. The Hall–Kier alpha value is -2.17. The number of fused-ring (bicyclic) bond motifs is 3. The van der Waals surface area contributed by atoms with Crippen LogP contribution in [0.15, 0.2) is 48.5 Å². The number of nitrogens with zero attached hydrogens (tertiary/aromatic N) is 1. The largest absolute Gasteiger partial charge is 0.372 e. The van der Waals surface area contributed by atoms with Crippen LogP contribution in [0.1, 0.15) is 39.7 Å². The number of nitrogens with one attached hydrogen (secondary N) is 1. The van der Waals surface area contributed by atoms with Gasteiger partial charge < -0.3 is 14.6 Å². The molecule has 1 fully saturated rings. The third-order valence-corrected chi connectivity index (χ3v) is 6.35. The Morgan fingerprint density at radius 2 is 1.75 bits per heavy atom. The van der Waals surface area contributed by atoms with Crippen LogP contribution in [0.5, 0.6) is 0 Å². The number of aromatic nitrogens is 1. The molecule has 0 radical (unpaired) electrons. The fraction of sp³-hybridized carbons (Fsp3) is 0.458. The summed E-state index contributed by atoms with van der Waals surface area (Å²) >= 11 is 0. The lowest BCUT2D eigenvalue weighted by molar-refractivity contribution is -0.142.